The van der Waals surface area contributed by atoms with E-state index in [1.807, 2.05) is 0 Å². The highest BCUT2D eigenvalue weighted by atomic mass is 19.1. The van der Waals surface area contributed by atoms with Crippen molar-refractivity contribution in [2.45, 2.75) is 32.1 Å². The van der Waals surface area contributed by atoms with E-state index in [2.05, 4.69) is 4.98 Å². The number of nitrogens with zero attached hydrogens (tertiary/aromatic N) is 1. The molecule has 1 fully saturated rings. The van der Waals surface area contributed by atoms with E-state index in [0.29, 0.717) is 12.5 Å². The molecule has 4 heteroatoms. The van der Waals surface area contributed by atoms with Crippen molar-refractivity contribution in [1.29, 1.82) is 0 Å². The molecule has 0 aromatic carbocycles. The number of hydrogen-bond donors (Lipinski definition) is 0. The maximum absolute atomic E-state index is 13.2. The molecule has 0 bridgehead atoms. The van der Waals surface area contributed by atoms with Crippen molar-refractivity contribution in [3.63, 3.8) is 0 Å². The van der Waals surface area contributed by atoms with Crippen LogP contribution >= 0.6 is 0 Å². The summed E-state index contributed by atoms with van der Waals surface area (Å²) < 4.78 is 18.4. The summed E-state index contributed by atoms with van der Waals surface area (Å²) >= 11 is 0. The lowest BCUT2D eigenvalue weighted by atomic mass is 9.90. The van der Waals surface area contributed by atoms with E-state index in [-0.39, 0.29) is 5.56 Å². The summed E-state index contributed by atoms with van der Waals surface area (Å²) in [5.74, 6) is -0.769. The number of halogens is 1. The predicted octanol–water partition coefficient (Wildman–Crippen LogP) is 2.96. The van der Waals surface area contributed by atoms with Crippen LogP contribution in [0.3, 0.4) is 0 Å². The highest BCUT2D eigenvalue weighted by molar-refractivity contribution is 5.89. The lowest BCUT2D eigenvalue weighted by molar-refractivity contribution is 0.0405. The number of esters is 1. The van der Waals surface area contributed by atoms with Crippen LogP contribution in [0.2, 0.25) is 0 Å². The minimum absolute atomic E-state index is 0.0317. The van der Waals surface area contributed by atoms with E-state index in [4.69, 9.17) is 4.74 Å². The Kier molecular flexibility index (Phi) is 4.07. The molecular weight excluding hydrogens is 221 g/mol. The van der Waals surface area contributed by atoms with Crippen molar-refractivity contribution in [3.8, 4) is 0 Å². The van der Waals surface area contributed by atoms with Crippen molar-refractivity contribution in [2.24, 2.45) is 5.92 Å². The molecule has 1 heterocycles. The number of ether oxygens (including phenoxy) is 1. The van der Waals surface area contributed by atoms with Gasteiger partial charge in [0.2, 0.25) is 0 Å². The molecule has 0 amide bonds. The zero-order valence-corrected chi connectivity index (χ0v) is 9.69. The van der Waals surface area contributed by atoms with Gasteiger partial charge in [-0.05, 0) is 24.8 Å². The van der Waals surface area contributed by atoms with E-state index in [9.17, 15) is 9.18 Å². The van der Waals surface area contributed by atoms with Gasteiger partial charge in [-0.15, -0.1) is 0 Å². The van der Waals surface area contributed by atoms with Crippen LogP contribution in [0, 0.1) is 11.7 Å². The standard InChI is InChI=1S/C13H16FNO2/c14-12-8-15-7-6-11(12)13(16)17-9-10-4-2-1-3-5-10/h6-8,10H,1-5,9H2. The molecule has 1 saturated carbocycles. The second-order valence-electron chi connectivity index (χ2n) is 4.46. The maximum atomic E-state index is 13.2. The van der Waals surface area contributed by atoms with Gasteiger partial charge in [-0.1, -0.05) is 19.3 Å². The van der Waals surface area contributed by atoms with Crippen LogP contribution in [0.15, 0.2) is 18.5 Å². The average molecular weight is 237 g/mol. The Bertz CT molecular complexity index is 389. The smallest absolute Gasteiger partial charge is 0.341 e. The van der Waals surface area contributed by atoms with Crippen molar-refractivity contribution in [3.05, 3.63) is 29.8 Å². The summed E-state index contributed by atoms with van der Waals surface area (Å²) in [5, 5.41) is 0. The fourth-order valence-electron chi connectivity index (χ4n) is 2.17. The van der Waals surface area contributed by atoms with Crippen molar-refractivity contribution in [1.82, 2.24) is 4.98 Å². The van der Waals surface area contributed by atoms with Crippen LogP contribution in [0.5, 0.6) is 0 Å². The fourth-order valence-corrected chi connectivity index (χ4v) is 2.17. The molecule has 1 aliphatic carbocycles. The van der Waals surface area contributed by atoms with E-state index < -0.39 is 11.8 Å². The monoisotopic (exact) mass is 237 g/mol. The second-order valence-corrected chi connectivity index (χ2v) is 4.46. The number of hydrogen-bond acceptors (Lipinski definition) is 3. The summed E-state index contributed by atoms with van der Waals surface area (Å²) in [6.07, 6.45) is 8.29. The topological polar surface area (TPSA) is 39.2 Å². The molecule has 0 radical (unpaired) electrons. The van der Waals surface area contributed by atoms with Gasteiger partial charge in [-0.2, -0.15) is 0 Å². The zero-order valence-electron chi connectivity index (χ0n) is 9.69. The lowest BCUT2D eigenvalue weighted by Crippen LogP contribution is -2.17. The molecule has 92 valence electrons. The first-order valence-corrected chi connectivity index (χ1v) is 6.04. The molecule has 0 atom stereocenters. The van der Waals surface area contributed by atoms with Gasteiger partial charge in [0.25, 0.3) is 0 Å². The Hall–Kier alpha value is -1.45. The number of rotatable bonds is 3. The SMILES string of the molecule is O=C(OCC1CCCCC1)c1ccncc1F. The van der Waals surface area contributed by atoms with E-state index >= 15 is 0 Å². The summed E-state index contributed by atoms with van der Waals surface area (Å²) in [6.45, 7) is 0.403. The molecule has 0 aliphatic heterocycles. The van der Waals surface area contributed by atoms with Gasteiger partial charge in [0.05, 0.1) is 18.4 Å². The largest absolute Gasteiger partial charge is 0.462 e. The Labute approximate surface area is 100 Å². The molecule has 17 heavy (non-hydrogen) atoms. The summed E-state index contributed by atoms with van der Waals surface area (Å²) in [5.41, 5.74) is -0.0317. The van der Waals surface area contributed by atoms with E-state index in [1.165, 1.54) is 31.5 Å². The minimum atomic E-state index is -0.624. The van der Waals surface area contributed by atoms with Crippen molar-refractivity contribution in [2.75, 3.05) is 6.61 Å². The molecular formula is C13H16FNO2. The van der Waals surface area contributed by atoms with Gasteiger partial charge < -0.3 is 4.74 Å². The molecule has 0 unspecified atom stereocenters. The third-order valence-electron chi connectivity index (χ3n) is 3.17. The number of aromatic nitrogens is 1. The van der Waals surface area contributed by atoms with Gasteiger partial charge in [0, 0.05) is 6.20 Å². The van der Waals surface area contributed by atoms with Gasteiger partial charge in [0.15, 0.2) is 5.82 Å². The molecule has 0 saturated heterocycles. The molecule has 1 aliphatic rings. The Morgan fingerprint density at radius 3 is 2.88 bits per heavy atom. The van der Waals surface area contributed by atoms with Crippen LogP contribution in [-0.4, -0.2) is 17.6 Å². The summed E-state index contributed by atoms with van der Waals surface area (Å²) in [7, 11) is 0. The number of pyridine rings is 1. The molecule has 3 nitrogen and oxygen atoms in total. The fraction of sp³-hybridized carbons (Fsp3) is 0.538. The first-order chi connectivity index (χ1) is 8.27. The predicted molar refractivity (Wildman–Crippen MR) is 61.1 cm³/mol. The molecule has 1 aromatic heterocycles. The average Bonchev–Trinajstić information content (AvgIpc) is 2.38. The minimum Gasteiger partial charge on any atom is -0.462 e. The van der Waals surface area contributed by atoms with Crippen LogP contribution in [-0.2, 0) is 4.74 Å². The van der Waals surface area contributed by atoms with Gasteiger partial charge in [-0.3, -0.25) is 4.98 Å². The van der Waals surface area contributed by atoms with Crippen LogP contribution in [0.1, 0.15) is 42.5 Å². The third-order valence-corrected chi connectivity index (χ3v) is 3.17. The molecule has 1 aromatic rings. The summed E-state index contributed by atoms with van der Waals surface area (Å²) in [6, 6.07) is 1.35. The normalized spacial score (nSPS) is 16.8. The molecule has 0 spiro atoms. The molecule has 0 N–H and O–H groups in total. The summed E-state index contributed by atoms with van der Waals surface area (Å²) in [4.78, 5) is 15.2. The second kappa shape index (κ2) is 5.75. The maximum Gasteiger partial charge on any atom is 0.341 e. The van der Waals surface area contributed by atoms with Crippen LogP contribution < -0.4 is 0 Å². The van der Waals surface area contributed by atoms with Crippen molar-refractivity contribution >= 4 is 5.97 Å². The Balaban J connectivity index is 1.87. The van der Waals surface area contributed by atoms with Gasteiger partial charge in [-0.25, -0.2) is 9.18 Å². The Morgan fingerprint density at radius 1 is 1.41 bits per heavy atom. The van der Waals surface area contributed by atoms with Crippen molar-refractivity contribution < 1.29 is 13.9 Å². The zero-order chi connectivity index (χ0) is 12.1. The first-order valence-electron chi connectivity index (χ1n) is 6.04. The lowest BCUT2D eigenvalue weighted by Gasteiger charge is -2.21. The third kappa shape index (κ3) is 3.25. The number of carbonyl (C=O) groups is 1. The molecule has 2 rings (SSSR count). The number of carbonyl (C=O) groups excluding carboxylic acids is 1. The van der Waals surface area contributed by atoms with E-state index in [0.717, 1.165) is 19.0 Å². The quantitative estimate of drug-likeness (QED) is 0.759. The Morgan fingerprint density at radius 2 is 2.18 bits per heavy atom. The highest BCUT2D eigenvalue weighted by Gasteiger charge is 2.17. The van der Waals surface area contributed by atoms with Gasteiger partial charge >= 0.3 is 5.97 Å². The van der Waals surface area contributed by atoms with Crippen LogP contribution in [0.25, 0.3) is 0 Å². The van der Waals surface area contributed by atoms with Gasteiger partial charge in [0.1, 0.15) is 0 Å². The highest BCUT2D eigenvalue weighted by Crippen LogP contribution is 2.24. The first kappa shape index (κ1) is 12.0. The van der Waals surface area contributed by atoms with E-state index in [1.54, 1.807) is 0 Å². The van der Waals surface area contributed by atoms with Crippen LogP contribution in [0.4, 0.5) is 4.39 Å².